The van der Waals surface area contributed by atoms with E-state index in [4.69, 9.17) is 4.98 Å². The van der Waals surface area contributed by atoms with Crippen LogP contribution in [-0.2, 0) is 0 Å². The van der Waals surface area contributed by atoms with Crippen molar-refractivity contribution in [2.75, 3.05) is 28.2 Å². The number of amides is 2. The molecule has 1 atom stereocenters. The molecule has 29 heavy (non-hydrogen) atoms. The van der Waals surface area contributed by atoms with Crippen LogP contribution in [-0.4, -0.2) is 45.1 Å². The van der Waals surface area contributed by atoms with Crippen LogP contribution in [0.5, 0.6) is 0 Å². The number of rotatable bonds is 2. The number of halogens is 1. The molecule has 0 saturated carbocycles. The molecule has 8 nitrogen and oxygen atoms in total. The van der Waals surface area contributed by atoms with Crippen LogP contribution in [0.15, 0.2) is 42.9 Å². The summed E-state index contributed by atoms with van der Waals surface area (Å²) < 4.78 is 13.9. The Morgan fingerprint density at radius 1 is 1.17 bits per heavy atom. The van der Waals surface area contributed by atoms with E-state index >= 15 is 0 Å². The minimum Gasteiger partial charge on any atom is -0.366 e. The predicted octanol–water partition coefficient (Wildman–Crippen LogP) is 3.01. The van der Waals surface area contributed by atoms with Crippen molar-refractivity contribution < 1.29 is 9.18 Å². The molecular weight excluding hydrogens is 373 g/mol. The number of nitrogens with one attached hydrogen (secondary N) is 1. The van der Waals surface area contributed by atoms with Crippen molar-refractivity contribution in [2.45, 2.75) is 19.4 Å². The summed E-state index contributed by atoms with van der Waals surface area (Å²) in [7, 11) is 0. The van der Waals surface area contributed by atoms with Gasteiger partial charge in [0, 0.05) is 42.9 Å². The van der Waals surface area contributed by atoms with Gasteiger partial charge in [-0.2, -0.15) is 4.39 Å². The first-order chi connectivity index (χ1) is 14.1. The summed E-state index contributed by atoms with van der Waals surface area (Å²) >= 11 is 0. The number of fused-ring (bicyclic) bond motifs is 4. The molecule has 2 aliphatic heterocycles. The van der Waals surface area contributed by atoms with Crippen LogP contribution >= 0.6 is 0 Å². The molecule has 5 heterocycles. The molecular formula is C20H18FN7O. The average molecular weight is 391 g/mol. The molecule has 2 bridgehead atoms. The molecule has 0 radical (unpaired) electrons. The maximum Gasteiger partial charge on any atom is 0.329 e. The van der Waals surface area contributed by atoms with Gasteiger partial charge in [0.2, 0.25) is 0 Å². The predicted molar refractivity (Wildman–Crippen MR) is 106 cm³/mol. The van der Waals surface area contributed by atoms with Crippen molar-refractivity contribution in [2.24, 2.45) is 0 Å². The molecule has 2 amide bonds. The second-order valence-electron chi connectivity index (χ2n) is 7.11. The molecule has 1 unspecified atom stereocenters. The summed E-state index contributed by atoms with van der Waals surface area (Å²) in [5.41, 5.74) is 3.45. The fourth-order valence-corrected chi connectivity index (χ4v) is 3.90. The Hall–Kier alpha value is -3.62. The highest BCUT2D eigenvalue weighted by Gasteiger charge is 2.40. The highest BCUT2D eigenvalue weighted by molar-refractivity contribution is 6.04. The van der Waals surface area contributed by atoms with Gasteiger partial charge in [0.15, 0.2) is 11.6 Å². The maximum atomic E-state index is 13.9. The Bertz CT molecular complexity index is 1110. The van der Waals surface area contributed by atoms with Crippen molar-refractivity contribution in [3.8, 4) is 11.3 Å². The Labute approximate surface area is 166 Å². The zero-order valence-corrected chi connectivity index (χ0v) is 15.7. The minimum absolute atomic E-state index is 0.0378. The van der Waals surface area contributed by atoms with E-state index in [1.54, 1.807) is 11.1 Å². The molecule has 3 aromatic heterocycles. The minimum atomic E-state index is -0.819. The molecule has 5 rings (SSSR count). The lowest BCUT2D eigenvalue weighted by atomic mass is 10.1. The zero-order valence-electron chi connectivity index (χ0n) is 15.7. The van der Waals surface area contributed by atoms with Gasteiger partial charge in [-0.1, -0.05) is 0 Å². The zero-order chi connectivity index (χ0) is 20.0. The van der Waals surface area contributed by atoms with E-state index < -0.39 is 12.0 Å². The third kappa shape index (κ3) is 3.04. The normalized spacial score (nSPS) is 17.2. The van der Waals surface area contributed by atoms with Crippen molar-refractivity contribution >= 4 is 23.4 Å². The second kappa shape index (κ2) is 6.77. The fourth-order valence-electron chi connectivity index (χ4n) is 3.90. The highest BCUT2D eigenvalue weighted by atomic mass is 19.1. The van der Waals surface area contributed by atoms with Crippen LogP contribution in [0.25, 0.3) is 11.3 Å². The lowest BCUT2D eigenvalue weighted by Gasteiger charge is -2.35. The Morgan fingerprint density at radius 2 is 2.03 bits per heavy atom. The Kier molecular flexibility index (Phi) is 4.08. The number of aromatic nitrogens is 4. The molecule has 9 heteroatoms. The van der Waals surface area contributed by atoms with E-state index in [0.29, 0.717) is 5.82 Å². The van der Waals surface area contributed by atoms with Crippen molar-refractivity contribution in [1.82, 2.24) is 19.9 Å². The number of anilines is 3. The summed E-state index contributed by atoms with van der Waals surface area (Å²) in [6.07, 6.45) is 5.12. The van der Waals surface area contributed by atoms with E-state index in [9.17, 15) is 9.18 Å². The van der Waals surface area contributed by atoms with Crippen LogP contribution in [0.3, 0.4) is 0 Å². The topological polar surface area (TPSA) is 87.1 Å². The van der Waals surface area contributed by atoms with Gasteiger partial charge >= 0.3 is 6.03 Å². The maximum absolute atomic E-state index is 13.9. The lowest BCUT2D eigenvalue weighted by molar-refractivity contribution is 0.254. The molecule has 2 aliphatic rings. The van der Waals surface area contributed by atoms with Crippen LogP contribution in [0.4, 0.5) is 26.5 Å². The first kappa shape index (κ1) is 17.5. The monoisotopic (exact) mass is 391 g/mol. The fraction of sp³-hybridized carbons (Fsp3) is 0.250. The van der Waals surface area contributed by atoms with E-state index in [1.807, 2.05) is 31.2 Å². The summed E-state index contributed by atoms with van der Waals surface area (Å²) in [6, 6.07) is 7.27. The third-order valence-corrected chi connectivity index (χ3v) is 5.24. The number of nitrogens with zero attached hydrogens (tertiary/aromatic N) is 6. The van der Waals surface area contributed by atoms with Crippen molar-refractivity contribution in [3.63, 3.8) is 0 Å². The van der Waals surface area contributed by atoms with Crippen molar-refractivity contribution in [3.05, 3.63) is 54.5 Å². The number of pyridine rings is 2. The number of carbonyl (C=O) groups is 1. The quantitative estimate of drug-likeness (QED) is 0.723. The van der Waals surface area contributed by atoms with E-state index in [-0.39, 0.29) is 11.9 Å². The molecule has 0 spiro atoms. The van der Waals surface area contributed by atoms with Gasteiger partial charge in [0.25, 0.3) is 5.95 Å². The molecule has 0 aromatic carbocycles. The van der Waals surface area contributed by atoms with Gasteiger partial charge in [-0.15, -0.1) is 0 Å². The molecule has 1 fully saturated rings. The number of urea groups is 1. The molecule has 0 aliphatic carbocycles. The molecule has 3 aromatic rings. The van der Waals surface area contributed by atoms with Gasteiger partial charge < -0.3 is 4.90 Å². The summed E-state index contributed by atoms with van der Waals surface area (Å²) in [4.78, 5) is 33.4. The summed E-state index contributed by atoms with van der Waals surface area (Å²) in [6.45, 7) is 3.48. The van der Waals surface area contributed by atoms with Crippen LogP contribution in [0.2, 0.25) is 0 Å². The van der Waals surface area contributed by atoms with Crippen LogP contribution < -0.4 is 15.1 Å². The SMILES string of the molecule is Cc1cc(-c2ccc3c(n2)N(C(=O)Nc2nccnc2F)C2CCN3C2)ccn1. The molecule has 1 saturated heterocycles. The first-order valence-corrected chi connectivity index (χ1v) is 9.36. The number of hydrogen-bond acceptors (Lipinski definition) is 6. The first-order valence-electron chi connectivity index (χ1n) is 9.36. The Morgan fingerprint density at radius 3 is 2.86 bits per heavy atom. The Balaban J connectivity index is 1.55. The number of hydrogen-bond donors (Lipinski definition) is 1. The van der Waals surface area contributed by atoms with Gasteiger partial charge in [0.1, 0.15) is 0 Å². The van der Waals surface area contributed by atoms with Crippen molar-refractivity contribution in [1.29, 1.82) is 0 Å². The van der Waals surface area contributed by atoms with Crippen LogP contribution in [0, 0.1) is 12.9 Å². The number of aryl methyl sites for hydroxylation is 1. The van der Waals surface area contributed by atoms with E-state index in [2.05, 4.69) is 25.2 Å². The van der Waals surface area contributed by atoms with Crippen LogP contribution in [0.1, 0.15) is 12.1 Å². The highest BCUT2D eigenvalue weighted by Crippen LogP contribution is 2.40. The molecule has 1 N–H and O–H groups in total. The third-order valence-electron chi connectivity index (χ3n) is 5.24. The lowest BCUT2D eigenvalue weighted by Crippen LogP contribution is -2.48. The summed E-state index contributed by atoms with van der Waals surface area (Å²) in [5.74, 6) is -0.451. The van der Waals surface area contributed by atoms with E-state index in [1.165, 1.54) is 12.4 Å². The second-order valence-corrected chi connectivity index (χ2v) is 7.11. The smallest absolute Gasteiger partial charge is 0.329 e. The molecule has 146 valence electrons. The van der Waals surface area contributed by atoms with Gasteiger partial charge in [-0.25, -0.2) is 19.7 Å². The van der Waals surface area contributed by atoms with Gasteiger partial charge in [-0.3, -0.25) is 15.2 Å². The average Bonchev–Trinajstić information content (AvgIpc) is 3.14. The standard InChI is InChI=1S/C20H18FN7O/c1-12-10-13(4-6-22-12)15-2-3-16-19(25-15)28(14-5-9-27(16)11-14)20(29)26-18-17(21)23-7-8-24-18/h2-4,6-8,10,14H,5,9,11H2,1H3,(H,24,26,29). The summed E-state index contributed by atoms with van der Waals surface area (Å²) in [5, 5.41) is 2.54. The van der Waals surface area contributed by atoms with E-state index in [0.717, 1.165) is 42.1 Å². The largest absolute Gasteiger partial charge is 0.366 e. The number of carbonyl (C=O) groups excluding carboxylic acids is 1. The van der Waals surface area contributed by atoms with Gasteiger partial charge in [-0.05, 0) is 37.6 Å². The van der Waals surface area contributed by atoms with Gasteiger partial charge in [0.05, 0.1) is 17.4 Å².